The lowest BCUT2D eigenvalue weighted by molar-refractivity contribution is 0.233. The topological polar surface area (TPSA) is 47.1 Å². The fraction of sp³-hybridized carbons (Fsp3) is 0.176. The molecule has 2 aliphatic rings. The van der Waals surface area contributed by atoms with Crippen molar-refractivity contribution in [1.82, 2.24) is 9.34 Å². The number of para-hydroxylation sites is 2. The quantitative estimate of drug-likeness (QED) is 0.717. The van der Waals surface area contributed by atoms with Gasteiger partial charge in [-0.25, -0.2) is 9.59 Å². The first kappa shape index (κ1) is 16.3. The highest BCUT2D eigenvalue weighted by Gasteiger charge is 2.51. The van der Waals surface area contributed by atoms with E-state index in [2.05, 4.69) is 0 Å². The third kappa shape index (κ3) is 2.57. The largest absolute Gasteiger partial charge is 0.333 e. The number of hydrogen-bond donors (Lipinski definition) is 0. The maximum Gasteiger partial charge on any atom is 0.333 e. The van der Waals surface area contributed by atoms with Crippen LogP contribution in [0.2, 0.25) is 0 Å². The van der Waals surface area contributed by atoms with Crippen LogP contribution in [0.25, 0.3) is 0 Å². The molecule has 2 heterocycles. The van der Waals surface area contributed by atoms with Gasteiger partial charge in [0, 0.05) is 14.1 Å². The van der Waals surface area contributed by atoms with Gasteiger partial charge in [-0.05, 0) is 24.3 Å². The first-order valence-corrected chi connectivity index (χ1v) is 10.8. The Morgan fingerprint density at radius 2 is 1.04 bits per heavy atom. The zero-order chi connectivity index (χ0) is 17.6. The lowest BCUT2D eigenvalue weighted by Crippen LogP contribution is -2.54. The van der Waals surface area contributed by atoms with Crippen LogP contribution >= 0.6 is 16.4 Å². The molecular weight excluding hydrogens is 354 g/mol. The van der Waals surface area contributed by atoms with Crippen LogP contribution in [-0.4, -0.2) is 41.4 Å². The molecule has 2 bridgehead atoms. The smallest absolute Gasteiger partial charge is 0.288 e. The minimum Gasteiger partial charge on any atom is -0.288 e. The van der Waals surface area contributed by atoms with E-state index in [1.165, 1.54) is 0 Å². The van der Waals surface area contributed by atoms with Crippen LogP contribution in [-0.2, 0) is 0 Å². The average Bonchev–Trinajstić information content (AvgIpc) is 2.65. The lowest BCUT2D eigenvalue weighted by Gasteiger charge is -2.54. The molecule has 0 spiro atoms. The van der Waals surface area contributed by atoms with Crippen LogP contribution < -0.4 is 9.34 Å². The molecule has 128 valence electrons. The van der Waals surface area contributed by atoms with Crippen molar-refractivity contribution < 1.29 is 9.59 Å². The molecule has 2 aliphatic heterocycles. The van der Waals surface area contributed by atoms with Gasteiger partial charge < -0.3 is 0 Å². The van der Waals surface area contributed by atoms with Crippen molar-refractivity contribution in [3.63, 3.8) is 0 Å². The molecule has 2 aromatic rings. The molecule has 8 heteroatoms. The molecule has 6 nitrogen and oxygen atoms in total. The highest BCUT2D eigenvalue weighted by atomic mass is 31.2. The van der Waals surface area contributed by atoms with Crippen LogP contribution in [0.15, 0.2) is 60.7 Å². The summed E-state index contributed by atoms with van der Waals surface area (Å²) >= 11 is 0. The number of urea groups is 2. The third-order valence-corrected chi connectivity index (χ3v) is 9.80. The van der Waals surface area contributed by atoms with E-state index in [0.717, 1.165) is 17.3 Å². The number of fused-ring (bicyclic) bond motifs is 2. The molecule has 0 aliphatic carbocycles. The number of amides is 4. The Labute approximate surface area is 149 Å². The first-order chi connectivity index (χ1) is 12.1. The Hall–Kier alpha value is -2.16. The maximum absolute atomic E-state index is 13.1. The van der Waals surface area contributed by atoms with Crippen molar-refractivity contribution in [2.75, 3.05) is 29.3 Å². The van der Waals surface area contributed by atoms with E-state index in [0.29, 0.717) is 0 Å². The summed E-state index contributed by atoms with van der Waals surface area (Å²) in [6.45, 7) is 0. The monoisotopic (exact) mass is 372 g/mol. The van der Waals surface area contributed by atoms with Crippen LogP contribution in [0.4, 0.5) is 21.0 Å². The molecule has 2 atom stereocenters. The molecule has 4 amide bonds. The molecule has 0 aromatic heterocycles. The van der Waals surface area contributed by atoms with Gasteiger partial charge in [0.15, 0.2) is 0 Å². The second-order valence-electron chi connectivity index (χ2n) is 5.79. The summed E-state index contributed by atoms with van der Waals surface area (Å²) < 4.78 is 7.04. The van der Waals surface area contributed by atoms with Crippen molar-refractivity contribution >= 4 is 39.9 Å². The fourth-order valence-corrected chi connectivity index (χ4v) is 9.14. The summed E-state index contributed by atoms with van der Waals surface area (Å²) in [6.07, 6.45) is 0. The molecule has 0 saturated carbocycles. The van der Waals surface area contributed by atoms with E-state index in [1.54, 1.807) is 32.8 Å². The second-order valence-corrected chi connectivity index (χ2v) is 10.4. The molecule has 2 aromatic carbocycles. The molecule has 0 radical (unpaired) electrons. The number of hydrogen-bond acceptors (Lipinski definition) is 2. The van der Waals surface area contributed by atoms with E-state index in [1.807, 2.05) is 60.7 Å². The number of carbonyl (C=O) groups is 2. The number of anilines is 2. The molecule has 2 unspecified atom stereocenters. The molecule has 0 N–H and O–H groups in total. The molecule has 4 rings (SSSR count). The zero-order valence-corrected chi connectivity index (χ0v) is 15.8. The summed E-state index contributed by atoms with van der Waals surface area (Å²) in [6, 6.07) is 19.1. The van der Waals surface area contributed by atoms with Gasteiger partial charge in [0.25, 0.3) is 0 Å². The van der Waals surface area contributed by atoms with Crippen molar-refractivity contribution in [3.8, 4) is 0 Å². The van der Waals surface area contributed by atoms with E-state index < -0.39 is 16.4 Å². The Balaban J connectivity index is 1.75. The number of nitrogens with zero attached hydrogens (tertiary/aromatic N) is 4. The van der Waals surface area contributed by atoms with Crippen LogP contribution in [0, 0.1) is 0 Å². The summed E-state index contributed by atoms with van der Waals surface area (Å²) in [5.41, 5.74) is 1.68. The van der Waals surface area contributed by atoms with Gasteiger partial charge in [-0.1, -0.05) is 36.4 Å². The van der Waals surface area contributed by atoms with Crippen molar-refractivity contribution in [2.45, 2.75) is 0 Å². The predicted molar refractivity (Wildman–Crippen MR) is 103 cm³/mol. The van der Waals surface area contributed by atoms with Gasteiger partial charge in [-0.3, -0.25) is 18.7 Å². The Kier molecular flexibility index (Phi) is 4.10. The van der Waals surface area contributed by atoms with E-state index in [4.69, 9.17) is 0 Å². The summed E-state index contributed by atoms with van der Waals surface area (Å²) in [5, 5.41) is 0. The zero-order valence-electron chi connectivity index (χ0n) is 14.0. The van der Waals surface area contributed by atoms with Crippen LogP contribution in [0.5, 0.6) is 0 Å². The summed E-state index contributed by atoms with van der Waals surface area (Å²) in [5.74, 6) is 0.791. The maximum atomic E-state index is 13.1. The third-order valence-electron chi connectivity index (χ3n) is 4.32. The number of carbonyl (C=O) groups excluding carboxylic acids is 2. The molecular formula is C17H18N4O2P2. The summed E-state index contributed by atoms with van der Waals surface area (Å²) in [7, 11) is 1.53. The van der Waals surface area contributed by atoms with E-state index >= 15 is 0 Å². The highest BCUT2D eigenvalue weighted by Crippen LogP contribution is 2.67. The van der Waals surface area contributed by atoms with Crippen molar-refractivity contribution in [1.29, 1.82) is 0 Å². The number of rotatable bonds is 2. The number of benzene rings is 2. The van der Waals surface area contributed by atoms with Crippen LogP contribution in [0.1, 0.15) is 0 Å². The second kappa shape index (κ2) is 6.29. The standard InChI is InChI=1S/C17H18N4O2P2/c1-18-16(22)20(14-9-5-3-6-10-14)25-13-24(18)21(17(23)19(25)2)15-11-7-4-8-12-15/h3-12H,13H2,1-2H3. The minimum absolute atomic E-state index is 0.0463. The highest BCUT2D eigenvalue weighted by molar-refractivity contribution is 7.78. The van der Waals surface area contributed by atoms with Gasteiger partial charge in [0.1, 0.15) is 16.4 Å². The molecule has 25 heavy (non-hydrogen) atoms. The lowest BCUT2D eigenvalue weighted by atomic mass is 10.3. The Morgan fingerprint density at radius 3 is 1.40 bits per heavy atom. The SMILES string of the molecule is CN1C(=O)N(c2ccccc2)P2CP1N(c1ccccc1)C(=O)N2C. The fourth-order valence-electron chi connectivity index (χ4n) is 2.99. The van der Waals surface area contributed by atoms with Crippen molar-refractivity contribution in [3.05, 3.63) is 60.7 Å². The van der Waals surface area contributed by atoms with Crippen molar-refractivity contribution in [2.24, 2.45) is 0 Å². The van der Waals surface area contributed by atoms with Gasteiger partial charge >= 0.3 is 12.1 Å². The van der Waals surface area contributed by atoms with E-state index in [-0.39, 0.29) is 12.1 Å². The minimum atomic E-state index is -1.03. The van der Waals surface area contributed by atoms with Gasteiger partial charge in [0.2, 0.25) is 0 Å². The Bertz CT molecular complexity index is 737. The predicted octanol–water partition coefficient (Wildman–Crippen LogP) is 4.71. The summed E-state index contributed by atoms with van der Waals surface area (Å²) in [4.78, 5) is 26.2. The normalized spacial score (nSPS) is 23.3. The molecule has 2 saturated heterocycles. The molecule has 2 fully saturated rings. The van der Waals surface area contributed by atoms with Gasteiger partial charge in [-0.15, -0.1) is 0 Å². The van der Waals surface area contributed by atoms with E-state index in [9.17, 15) is 9.59 Å². The average molecular weight is 372 g/mol. The van der Waals surface area contributed by atoms with Gasteiger partial charge in [0.05, 0.1) is 17.3 Å². The Morgan fingerprint density at radius 1 is 0.680 bits per heavy atom. The van der Waals surface area contributed by atoms with Crippen LogP contribution in [0.3, 0.4) is 0 Å². The van der Waals surface area contributed by atoms with Gasteiger partial charge in [-0.2, -0.15) is 0 Å². The first-order valence-electron chi connectivity index (χ1n) is 7.90.